The predicted octanol–water partition coefficient (Wildman–Crippen LogP) is 11.0. The summed E-state index contributed by atoms with van der Waals surface area (Å²) in [5.74, 6) is 1.86. The lowest BCUT2D eigenvalue weighted by Gasteiger charge is -2.10. The van der Waals surface area contributed by atoms with Crippen LogP contribution in [-0.4, -0.2) is 35.3 Å². The van der Waals surface area contributed by atoms with Crippen molar-refractivity contribution in [1.82, 2.24) is 35.3 Å². The Kier molecular flexibility index (Phi) is 7.51. The summed E-state index contributed by atoms with van der Waals surface area (Å²) in [5.41, 5.74) is 10.7. The van der Waals surface area contributed by atoms with Crippen LogP contribution in [0.15, 0.2) is 164 Å². The van der Waals surface area contributed by atoms with Crippen molar-refractivity contribution in [1.29, 1.82) is 0 Å². The molecule has 0 N–H and O–H groups in total. The maximum Gasteiger partial charge on any atom is 0.164 e. The summed E-state index contributed by atoms with van der Waals surface area (Å²) in [6, 6.07) is 55.8. The molecule has 53 heavy (non-hydrogen) atoms. The highest BCUT2D eigenvalue weighted by Crippen LogP contribution is 2.38. The lowest BCUT2D eigenvalue weighted by atomic mass is 10.0. The number of rotatable bonds is 6. The average Bonchev–Trinajstić information content (AvgIpc) is 3.61. The molecule has 0 aliphatic carbocycles. The van der Waals surface area contributed by atoms with Crippen molar-refractivity contribution < 1.29 is 0 Å². The van der Waals surface area contributed by atoms with Gasteiger partial charge in [0.05, 0.1) is 10.2 Å². The zero-order valence-electron chi connectivity index (χ0n) is 28.1. The quantitative estimate of drug-likeness (QED) is 0.171. The molecular formula is C45H27N7S. The zero-order valence-corrected chi connectivity index (χ0v) is 28.9. The van der Waals surface area contributed by atoms with Crippen LogP contribution in [0.25, 0.3) is 99.0 Å². The summed E-state index contributed by atoms with van der Waals surface area (Å²) in [5, 5.41) is 15.1. The van der Waals surface area contributed by atoms with Crippen LogP contribution < -0.4 is 0 Å². The Hall–Kier alpha value is -7.03. The molecule has 0 bridgehead atoms. The first kappa shape index (κ1) is 30.8. The second-order valence-corrected chi connectivity index (χ2v) is 13.7. The third-order valence-electron chi connectivity index (χ3n) is 9.39. The number of hydrogen-bond donors (Lipinski definition) is 0. The predicted molar refractivity (Wildman–Crippen MR) is 214 cm³/mol. The minimum absolute atomic E-state index is 0.611. The molecule has 4 aromatic heterocycles. The van der Waals surface area contributed by atoms with Gasteiger partial charge in [-0.3, -0.25) is 0 Å². The number of para-hydroxylation sites is 1. The maximum absolute atomic E-state index is 5.01. The van der Waals surface area contributed by atoms with Crippen molar-refractivity contribution in [3.63, 3.8) is 0 Å². The van der Waals surface area contributed by atoms with E-state index in [1.54, 1.807) is 11.3 Å². The largest absolute Gasteiger partial charge is 0.237 e. The fraction of sp³-hybridized carbons (Fsp3) is 0. The summed E-state index contributed by atoms with van der Waals surface area (Å²) in [7, 11) is 0. The highest BCUT2D eigenvalue weighted by molar-refractivity contribution is 7.25. The first-order valence-corrected chi connectivity index (χ1v) is 18.1. The maximum atomic E-state index is 5.01. The molecule has 0 radical (unpaired) electrons. The highest BCUT2D eigenvalue weighted by Gasteiger charge is 2.17. The molecule has 0 spiro atoms. The number of hydrogen-bond acceptors (Lipinski definition) is 8. The highest BCUT2D eigenvalue weighted by atomic mass is 32.1. The van der Waals surface area contributed by atoms with Gasteiger partial charge in [0.2, 0.25) is 0 Å². The lowest BCUT2D eigenvalue weighted by molar-refractivity contribution is 0.904. The van der Waals surface area contributed by atoms with Crippen molar-refractivity contribution in [2.45, 2.75) is 0 Å². The normalized spacial score (nSPS) is 11.4. The van der Waals surface area contributed by atoms with Crippen molar-refractivity contribution in [2.75, 3.05) is 0 Å². The minimum Gasteiger partial charge on any atom is -0.237 e. The number of thiophene rings is 1. The summed E-state index contributed by atoms with van der Waals surface area (Å²) in [4.78, 5) is 20.7. The molecule has 8 heteroatoms. The van der Waals surface area contributed by atoms with Crippen molar-refractivity contribution in [3.05, 3.63) is 164 Å². The molecule has 0 saturated carbocycles. The van der Waals surface area contributed by atoms with E-state index in [-0.39, 0.29) is 0 Å². The molecule has 0 aliphatic rings. The molecule has 0 fully saturated rings. The van der Waals surface area contributed by atoms with Gasteiger partial charge in [0.15, 0.2) is 17.5 Å². The molecule has 0 saturated heterocycles. The van der Waals surface area contributed by atoms with Gasteiger partial charge in [-0.05, 0) is 45.7 Å². The molecule has 0 unspecified atom stereocenters. The van der Waals surface area contributed by atoms with Gasteiger partial charge in [-0.15, -0.1) is 21.5 Å². The number of nitrogens with zero attached hydrogens (tertiary/aromatic N) is 7. The van der Waals surface area contributed by atoms with Crippen LogP contribution in [0.1, 0.15) is 0 Å². The Labute approximate surface area is 308 Å². The molecule has 10 aromatic rings. The van der Waals surface area contributed by atoms with Crippen LogP contribution in [0.4, 0.5) is 0 Å². The molecule has 10 rings (SSSR count). The van der Waals surface area contributed by atoms with Crippen molar-refractivity contribution >= 4 is 42.7 Å². The Morgan fingerprint density at radius 1 is 0.377 bits per heavy atom. The Morgan fingerprint density at radius 3 is 1.64 bits per heavy atom. The molecular weight excluding hydrogens is 671 g/mol. The summed E-state index contributed by atoms with van der Waals surface area (Å²) < 4.78 is 0.974. The summed E-state index contributed by atoms with van der Waals surface area (Å²) >= 11 is 1.60. The standard InChI is InChI=1S/C45H27N7S/c1-3-10-28(11-4-1)29-20-24-33(25-21-29)43-47-42(32-12-5-2-6-13-32)48-44(49-43)36-16-9-15-34(26-36)30-18-22-31(23-19-30)39-41-40(51-52-50-39)37-27-35-14-7-8-17-38(35)46-45(37)53-41/h1-27H. The number of fused-ring (bicyclic) bond motifs is 4. The monoisotopic (exact) mass is 697 g/mol. The number of aromatic nitrogens is 7. The Morgan fingerprint density at radius 2 is 0.906 bits per heavy atom. The molecule has 0 amide bonds. The minimum atomic E-state index is 0.611. The fourth-order valence-electron chi connectivity index (χ4n) is 6.67. The van der Waals surface area contributed by atoms with Crippen LogP contribution >= 0.6 is 11.3 Å². The third-order valence-corrected chi connectivity index (χ3v) is 10.5. The molecule has 248 valence electrons. The van der Waals surface area contributed by atoms with Crippen LogP contribution in [0, 0.1) is 0 Å². The molecule has 0 aliphatic heterocycles. The van der Waals surface area contributed by atoms with Gasteiger partial charge in [0, 0.05) is 33.0 Å². The van der Waals surface area contributed by atoms with E-state index in [0.29, 0.717) is 17.5 Å². The SMILES string of the molecule is c1ccc(-c2ccc(-c3nc(-c4ccccc4)nc(-c4cccc(-c5ccc(-c6nnnc7c6sc6nc8ccccc8cc67)cc5)c4)n3)cc2)cc1. The van der Waals surface area contributed by atoms with E-state index in [9.17, 15) is 0 Å². The van der Waals surface area contributed by atoms with Crippen LogP contribution in [0.5, 0.6) is 0 Å². The third kappa shape index (κ3) is 5.77. The second kappa shape index (κ2) is 12.9. The van der Waals surface area contributed by atoms with Crippen LogP contribution in [-0.2, 0) is 0 Å². The Bertz CT molecular complexity index is 2930. The van der Waals surface area contributed by atoms with E-state index in [2.05, 4.69) is 112 Å². The first-order chi connectivity index (χ1) is 26.2. The van der Waals surface area contributed by atoms with Gasteiger partial charge in [-0.1, -0.05) is 146 Å². The van der Waals surface area contributed by atoms with E-state index in [1.807, 2.05) is 66.7 Å². The van der Waals surface area contributed by atoms with E-state index >= 15 is 0 Å². The van der Waals surface area contributed by atoms with Crippen molar-refractivity contribution in [2.24, 2.45) is 0 Å². The average molecular weight is 698 g/mol. The number of benzene rings is 6. The van der Waals surface area contributed by atoms with Gasteiger partial charge in [-0.2, -0.15) is 0 Å². The smallest absolute Gasteiger partial charge is 0.164 e. The second-order valence-electron chi connectivity index (χ2n) is 12.7. The van der Waals surface area contributed by atoms with Gasteiger partial charge >= 0.3 is 0 Å². The lowest BCUT2D eigenvalue weighted by Crippen LogP contribution is -2.00. The van der Waals surface area contributed by atoms with E-state index in [4.69, 9.17) is 19.9 Å². The van der Waals surface area contributed by atoms with Gasteiger partial charge in [0.1, 0.15) is 16.0 Å². The zero-order chi connectivity index (χ0) is 35.1. The van der Waals surface area contributed by atoms with Crippen LogP contribution in [0.2, 0.25) is 0 Å². The summed E-state index contributed by atoms with van der Waals surface area (Å²) in [6.07, 6.45) is 0. The van der Waals surface area contributed by atoms with E-state index < -0.39 is 0 Å². The van der Waals surface area contributed by atoms with Crippen LogP contribution in [0.3, 0.4) is 0 Å². The Balaban J connectivity index is 1.00. The van der Waals surface area contributed by atoms with E-state index in [0.717, 1.165) is 76.0 Å². The van der Waals surface area contributed by atoms with Gasteiger partial charge < -0.3 is 0 Å². The first-order valence-electron chi connectivity index (χ1n) is 17.2. The number of pyridine rings is 1. The van der Waals surface area contributed by atoms with Gasteiger partial charge in [-0.25, -0.2) is 19.9 Å². The van der Waals surface area contributed by atoms with Gasteiger partial charge in [0.25, 0.3) is 0 Å². The van der Waals surface area contributed by atoms with Crippen molar-refractivity contribution in [3.8, 4) is 67.7 Å². The summed E-state index contributed by atoms with van der Waals surface area (Å²) in [6.45, 7) is 0. The molecule has 0 atom stereocenters. The molecule has 7 nitrogen and oxygen atoms in total. The molecule has 6 aromatic carbocycles. The van der Waals surface area contributed by atoms with E-state index in [1.165, 1.54) is 5.56 Å². The topological polar surface area (TPSA) is 90.2 Å². The molecule has 4 heterocycles. The fourth-order valence-corrected chi connectivity index (χ4v) is 7.78.